The summed E-state index contributed by atoms with van der Waals surface area (Å²) in [5.74, 6) is -0.291. The van der Waals surface area contributed by atoms with E-state index < -0.39 is 11.5 Å². The van der Waals surface area contributed by atoms with Crippen molar-refractivity contribution < 1.29 is 14.7 Å². The topological polar surface area (TPSA) is 78.4 Å². The van der Waals surface area contributed by atoms with Crippen molar-refractivity contribution in [2.75, 3.05) is 13.1 Å². The molecule has 2 aromatic carbocycles. The third kappa shape index (κ3) is 4.06. The van der Waals surface area contributed by atoms with Crippen molar-refractivity contribution in [2.45, 2.75) is 18.4 Å². The first-order chi connectivity index (χ1) is 12.1. The summed E-state index contributed by atoms with van der Waals surface area (Å²) >= 11 is 0. The average molecular weight is 338 g/mol. The van der Waals surface area contributed by atoms with Gasteiger partial charge in [0.25, 0.3) is 5.91 Å². The predicted octanol–water partition coefficient (Wildman–Crippen LogP) is 1.56. The Kier molecular flexibility index (Phi) is 5.14. The largest absolute Gasteiger partial charge is 0.372 e. The van der Waals surface area contributed by atoms with Crippen molar-refractivity contribution in [1.29, 1.82) is 0 Å². The SMILES string of the molecule is O=C(CNC(=O)C(O)(c1ccccc1)c1ccccc1)NCC1CC1. The van der Waals surface area contributed by atoms with Crippen molar-refractivity contribution in [3.63, 3.8) is 0 Å². The standard InChI is InChI=1S/C20H22N2O3/c23-18(21-13-15-11-12-15)14-22-19(24)20(25,16-7-3-1-4-8-16)17-9-5-2-6-10-17/h1-10,15,25H,11-14H2,(H,21,23)(H,22,24). The Bertz CT molecular complexity index is 688. The van der Waals surface area contributed by atoms with Gasteiger partial charge in [-0.05, 0) is 29.9 Å². The lowest BCUT2D eigenvalue weighted by Crippen LogP contribution is -2.48. The smallest absolute Gasteiger partial charge is 0.261 e. The Morgan fingerprint density at radius 3 is 1.92 bits per heavy atom. The molecule has 3 rings (SSSR count). The molecule has 0 unspecified atom stereocenters. The van der Waals surface area contributed by atoms with E-state index in [4.69, 9.17) is 0 Å². The van der Waals surface area contributed by atoms with E-state index in [1.54, 1.807) is 48.5 Å². The second-order valence-corrected chi connectivity index (χ2v) is 6.37. The maximum Gasteiger partial charge on any atom is 0.261 e. The van der Waals surface area contributed by atoms with Gasteiger partial charge in [-0.3, -0.25) is 9.59 Å². The maximum absolute atomic E-state index is 12.8. The van der Waals surface area contributed by atoms with Gasteiger partial charge in [0.05, 0.1) is 6.54 Å². The molecule has 2 aromatic rings. The van der Waals surface area contributed by atoms with Crippen molar-refractivity contribution in [3.8, 4) is 0 Å². The highest BCUT2D eigenvalue weighted by atomic mass is 16.3. The van der Waals surface area contributed by atoms with Crippen LogP contribution in [0.5, 0.6) is 0 Å². The highest BCUT2D eigenvalue weighted by Crippen LogP contribution is 2.30. The molecule has 0 spiro atoms. The van der Waals surface area contributed by atoms with Crippen molar-refractivity contribution in [3.05, 3.63) is 71.8 Å². The lowest BCUT2D eigenvalue weighted by Gasteiger charge is -2.28. The number of rotatable bonds is 7. The number of benzene rings is 2. The third-order valence-electron chi connectivity index (χ3n) is 4.41. The summed E-state index contributed by atoms with van der Waals surface area (Å²) < 4.78 is 0. The van der Waals surface area contributed by atoms with E-state index in [0.29, 0.717) is 23.6 Å². The molecule has 3 N–H and O–H groups in total. The van der Waals surface area contributed by atoms with Crippen LogP contribution in [0.3, 0.4) is 0 Å². The van der Waals surface area contributed by atoms with Crippen LogP contribution in [-0.4, -0.2) is 30.0 Å². The molecule has 25 heavy (non-hydrogen) atoms. The monoisotopic (exact) mass is 338 g/mol. The molecule has 0 bridgehead atoms. The molecule has 130 valence electrons. The molecule has 0 aromatic heterocycles. The first-order valence-electron chi connectivity index (χ1n) is 8.49. The zero-order chi connectivity index (χ0) is 17.7. The molecule has 1 fully saturated rings. The van der Waals surface area contributed by atoms with Crippen LogP contribution in [0.2, 0.25) is 0 Å². The Balaban J connectivity index is 1.74. The molecule has 1 aliphatic rings. The van der Waals surface area contributed by atoms with Crippen molar-refractivity contribution >= 4 is 11.8 Å². The molecular weight excluding hydrogens is 316 g/mol. The van der Waals surface area contributed by atoms with Crippen molar-refractivity contribution in [2.24, 2.45) is 5.92 Å². The highest BCUT2D eigenvalue weighted by Gasteiger charge is 2.39. The summed E-state index contributed by atoms with van der Waals surface area (Å²) in [6.45, 7) is 0.490. The number of nitrogens with one attached hydrogen (secondary N) is 2. The Morgan fingerprint density at radius 2 is 1.44 bits per heavy atom. The summed E-state index contributed by atoms with van der Waals surface area (Å²) in [5.41, 5.74) is -0.937. The van der Waals surface area contributed by atoms with E-state index in [0.717, 1.165) is 12.8 Å². The van der Waals surface area contributed by atoms with Crippen LogP contribution in [0.1, 0.15) is 24.0 Å². The molecule has 0 atom stereocenters. The lowest BCUT2D eigenvalue weighted by atomic mass is 9.85. The predicted molar refractivity (Wildman–Crippen MR) is 94.6 cm³/mol. The fourth-order valence-corrected chi connectivity index (χ4v) is 2.72. The molecule has 0 aliphatic heterocycles. The van der Waals surface area contributed by atoms with Gasteiger partial charge in [0.15, 0.2) is 5.60 Å². The Labute approximate surface area is 147 Å². The van der Waals surface area contributed by atoms with Crippen LogP contribution in [0.4, 0.5) is 0 Å². The summed E-state index contributed by atoms with van der Waals surface area (Å²) in [6.07, 6.45) is 2.29. The molecule has 0 radical (unpaired) electrons. The number of carbonyl (C=O) groups is 2. The molecule has 2 amide bonds. The maximum atomic E-state index is 12.8. The molecule has 0 saturated heterocycles. The summed E-state index contributed by atoms with van der Waals surface area (Å²) in [5, 5.41) is 16.6. The number of amides is 2. The fraction of sp³-hybridized carbons (Fsp3) is 0.300. The van der Waals surface area contributed by atoms with E-state index in [1.165, 1.54) is 0 Å². The molecule has 1 saturated carbocycles. The molecule has 5 heteroatoms. The van der Waals surface area contributed by atoms with Gasteiger partial charge in [0.1, 0.15) is 0 Å². The van der Waals surface area contributed by atoms with Crippen LogP contribution >= 0.6 is 0 Å². The molecule has 0 heterocycles. The van der Waals surface area contributed by atoms with E-state index in [-0.39, 0.29) is 12.5 Å². The number of hydrogen-bond donors (Lipinski definition) is 3. The zero-order valence-electron chi connectivity index (χ0n) is 13.9. The van der Waals surface area contributed by atoms with Gasteiger partial charge in [-0.2, -0.15) is 0 Å². The first-order valence-corrected chi connectivity index (χ1v) is 8.49. The number of hydrogen-bond acceptors (Lipinski definition) is 3. The van der Waals surface area contributed by atoms with Crippen LogP contribution in [-0.2, 0) is 15.2 Å². The van der Waals surface area contributed by atoms with Gasteiger partial charge in [-0.15, -0.1) is 0 Å². The zero-order valence-corrected chi connectivity index (χ0v) is 13.9. The first kappa shape index (κ1) is 17.2. The normalized spacial score (nSPS) is 14.0. The minimum Gasteiger partial charge on any atom is -0.372 e. The highest BCUT2D eigenvalue weighted by molar-refractivity contribution is 5.92. The van der Waals surface area contributed by atoms with E-state index in [1.807, 2.05) is 12.1 Å². The van der Waals surface area contributed by atoms with Gasteiger partial charge in [-0.1, -0.05) is 60.7 Å². The van der Waals surface area contributed by atoms with Crippen LogP contribution in [0, 0.1) is 5.92 Å². The Morgan fingerprint density at radius 1 is 0.920 bits per heavy atom. The van der Waals surface area contributed by atoms with E-state index in [9.17, 15) is 14.7 Å². The summed E-state index contributed by atoms with van der Waals surface area (Å²) in [4.78, 5) is 24.7. The number of carbonyl (C=O) groups excluding carboxylic acids is 2. The average Bonchev–Trinajstić information content (AvgIpc) is 3.49. The van der Waals surface area contributed by atoms with Crippen molar-refractivity contribution in [1.82, 2.24) is 10.6 Å². The third-order valence-corrected chi connectivity index (χ3v) is 4.41. The molecule has 1 aliphatic carbocycles. The Hall–Kier alpha value is -2.66. The van der Waals surface area contributed by atoms with Gasteiger partial charge in [-0.25, -0.2) is 0 Å². The molecule has 5 nitrogen and oxygen atoms in total. The minimum absolute atomic E-state index is 0.159. The van der Waals surface area contributed by atoms with Gasteiger partial charge in [0, 0.05) is 6.54 Å². The fourth-order valence-electron chi connectivity index (χ4n) is 2.72. The van der Waals surface area contributed by atoms with Crippen LogP contribution in [0.15, 0.2) is 60.7 Å². The van der Waals surface area contributed by atoms with E-state index in [2.05, 4.69) is 10.6 Å². The summed E-state index contributed by atoms with van der Waals surface area (Å²) in [7, 11) is 0. The van der Waals surface area contributed by atoms with Crippen LogP contribution in [0.25, 0.3) is 0 Å². The van der Waals surface area contributed by atoms with Crippen LogP contribution < -0.4 is 10.6 Å². The van der Waals surface area contributed by atoms with Gasteiger partial charge in [0.2, 0.25) is 5.91 Å². The second kappa shape index (κ2) is 7.49. The minimum atomic E-state index is -1.85. The quantitative estimate of drug-likeness (QED) is 0.717. The lowest BCUT2D eigenvalue weighted by molar-refractivity contribution is -0.138. The number of aliphatic hydroxyl groups is 1. The van der Waals surface area contributed by atoms with Gasteiger partial charge >= 0.3 is 0 Å². The van der Waals surface area contributed by atoms with E-state index >= 15 is 0 Å². The molecular formula is C20H22N2O3. The summed E-state index contributed by atoms with van der Waals surface area (Å²) in [6, 6.07) is 17.5. The second-order valence-electron chi connectivity index (χ2n) is 6.37. The van der Waals surface area contributed by atoms with Gasteiger partial charge < -0.3 is 15.7 Å².